The minimum atomic E-state index is 0.567. The Morgan fingerprint density at radius 2 is 2.44 bits per heavy atom. The molecule has 0 atom stereocenters. The van der Waals surface area contributed by atoms with Crippen molar-refractivity contribution in [3.05, 3.63) is 22.3 Å². The van der Waals surface area contributed by atoms with Crippen molar-refractivity contribution in [1.29, 1.82) is 0 Å². The molecule has 0 aromatic rings. The van der Waals surface area contributed by atoms with E-state index >= 15 is 0 Å². The average molecular weight is 190 g/mol. The molecule has 3 heteroatoms. The van der Waals surface area contributed by atoms with E-state index in [1.165, 1.54) is 0 Å². The van der Waals surface area contributed by atoms with E-state index in [1.807, 2.05) is 13.0 Å². The zero-order valence-corrected chi connectivity index (χ0v) is 6.72. The summed E-state index contributed by atoms with van der Waals surface area (Å²) in [5.74, 6) is 0. The highest BCUT2D eigenvalue weighted by Gasteiger charge is 2.03. The van der Waals surface area contributed by atoms with Crippen molar-refractivity contribution in [3.8, 4) is 0 Å². The van der Waals surface area contributed by atoms with Crippen LogP contribution in [0.3, 0.4) is 0 Å². The van der Waals surface area contributed by atoms with Crippen LogP contribution >= 0.6 is 15.9 Å². The van der Waals surface area contributed by atoms with E-state index in [-0.39, 0.29) is 0 Å². The zero-order chi connectivity index (χ0) is 6.85. The van der Waals surface area contributed by atoms with Gasteiger partial charge in [0, 0.05) is 10.7 Å². The van der Waals surface area contributed by atoms with Crippen molar-refractivity contribution in [1.82, 2.24) is 5.06 Å². The molecule has 2 nitrogen and oxygen atoms in total. The van der Waals surface area contributed by atoms with Crippen LogP contribution in [0.5, 0.6) is 0 Å². The van der Waals surface area contributed by atoms with E-state index in [9.17, 15) is 0 Å². The van der Waals surface area contributed by atoms with Crippen LogP contribution in [0.15, 0.2) is 22.3 Å². The lowest BCUT2D eigenvalue weighted by Crippen LogP contribution is -2.15. The fraction of sp³-hybridized carbons (Fsp3) is 0.333. The third-order valence-corrected chi connectivity index (χ3v) is 2.13. The monoisotopic (exact) mass is 189 g/mol. The smallest absolute Gasteiger partial charge is 0.0641 e. The number of hydrogen-bond donors (Lipinski definition) is 1. The van der Waals surface area contributed by atoms with Gasteiger partial charge in [0.25, 0.3) is 0 Å². The summed E-state index contributed by atoms with van der Waals surface area (Å²) in [6.45, 7) is 2.50. The summed E-state index contributed by atoms with van der Waals surface area (Å²) < 4.78 is 1.06. The van der Waals surface area contributed by atoms with E-state index in [4.69, 9.17) is 5.21 Å². The molecule has 1 rings (SSSR count). The van der Waals surface area contributed by atoms with Crippen molar-refractivity contribution in [2.75, 3.05) is 6.54 Å². The molecule has 1 N–H and O–H groups in total. The Kier molecular flexibility index (Phi) is 1.93. The van der Waals surface area contributed by atoms with Gasteiger partial charge < -0.3 is 0 Å². The molecule has 0 saturated heterocycles. The Morgan fingerprint density at radius 1 is 1.78 bits per heavy atom. The third-order valence-electron chi connectivity index (χ3n) is 1.18. The molecule has 50 valence electrons. The van der Waals surface area contributed by atoms with Gasteiger partial charge in [0.05, 0.1) is 6.54 Å². The molecule has 0 radical (unpaired) electrons. The topological polar surface area (TPSA) is 23.5 Å². The highest BCUT2D eigenvalue weighted by atomic mass is 79.9. The molecule has 0 bridgehead atoms. The van der Waals surface area contributed by atoms with Crippen molar-refractivity contribution in [2.24, 2.45) is 0 Å². The van der Waals surface area contributed by atoms with Crippen LogP contribution in [0.2, 0.25) is 0 Å². The second-order valence-corrected chi connectivity index (χ2v) is 2.84. The molecule has 0 amide bonds. The van der Waals surface area contributed by atoms with Gasteiger partial charge >= 0.3 is 0 Å². The Hall–Kier alpha value is -0.280. The maximum atomic E-state index is 8.89. The minimum absolute atomic E-state index is 0.567. The zero-order valence-electron chi connectivity index (χ0n) is 5.13. The molecule has 1 aliphatic rings. The van der Waals surface area contributed by atoms with E-state index in [0.717, 1.165) is 15.1 Å². The quantitative estimate of drug-likeness (QED) is 0.630. The summed E-state index contributed by atoms with van der Waals surface area (Å²) in [7, 11) is 0. The van der Waals surface area contributed by atoms with Crippen molar-refractivity contribution in [3.63, 3.8) is 0 Å². The molecule has 0 saturated carbocycles. The highest BCUT2D eigenvalue weighted by molar-refractivity contribution is 9.12. The third kappa shape index (κ3) is 1.56. The standard InChI is InChI=1S/C6H8BrNO/c1-5-4-8(9)3-2-6(5)7/h2,4,9H,3H2,1H3. The molecule has 9 heavy (non-hydrogen) atoms. The Morgan fingerprint density at radius 3 is 2.89 bits per heavy atom. The predicted molar refractivity (Wildman–Crippen MR) is 39.3 cm³/mol. The number of halogens is 1. The van der Waals surface area contributed by atoms with Crippen LogP contribution in [0.4, 0.5) is 0 Å². The number of hydrogen-bond acceptors (Lipinski definition) is 2. The van der Waals surface area contributed by atoms with Crippen LogP contribution in [-0.2, 0) is 0 Å². The second kappa shape index (κ2) is 2.54. The van der Waals surface area contributed by atoms with E-state index in [1.54, 1.807) is 6.20 Å². The van der Waals surface area contributed by atoms with Gasteiger partial charge in [-0.15, -0.1) is 0 Å². The van der Waals surface area contributed by atoms with E-state index in [0.29, 0.717) is 6.54 Å². The van der Waals surface area contributed by atoms with E-state index in [2.05, 4.69) is 15.9 Å². The Bertz CT molecular complexity index is 174. The van der Waals surface area contributed by atoms with Gasteiger partial charge in [-0.25, -0.2) is 0 Å². The molecule has 0 aliphatic carbocycles. The first-order chi connectivity index (χ1) is 4.20. The molecular weight excluding hydrogens is 182 g/mol. The van der Waals surface area contributed by atoms with Crippen molar-refractivity contribution in [2.45, 2.75) is 6.92 Å². The fourth-order valence-corrected chi connectivity index (χ4v) is 0.920. The molecule has 1 heterocycles. The number of hydroxylamine groups is 2. The molecule has 0 aromatic carbocycles. The van der Waals surface area contributed by atoms with Crippen LogP contribution in [0.25, 0.3) is 0 Å². The molecule has 0 unspecified atom stereocenters. The van der Waals surface area contributed by atoms with Gasteiger partial charge in [-0.05, 0) is 18.6 Å². The normalized spacial score (nSPS) is 19.2. The van der Waals surface area contributed by atoms with Crippen LogP contribution in [0, 0.1) is 0 Å². The summed E-state index contributed by atoms with van der Waals surface area (Å²) in [6.07, 6.45) is 3.60. The fourth-order valence-electron chi connectivity index (χ4n) is 0.673. The first-order valence-corrected chi connectivity index (χ1v) is 3.49. The van der Waals surface area contributed by atoms with Crippen LogP contribution in [-0.4, -0.2) is 16.8 Å². The van der Waals surface area contributed by atoms with Gasteiger partial charge in [-0.3, -0.25) is 10.3 Å². The lowest BCUT2D eigenvalue weighted by atomic mass is 10.2. The minimum Gasteiger partial charge on any atom is -0.289 e. The molecule has 0 fully saturated rings. The van der Waals surface area contributed by atoms with Gasteiger partial charge in [0.1, 0.15) is 0 Å². The van der Waals surface area contributed by atoms with E-state index < -0.39 is 0 Å². The SMILES string of the molecule is CC1=CN(O)CC=C1Br. The summed E-state index contributed by atoms with van der Waals surface area (Å²) in [6, 6.07) is 0. The number of rotatable bonds is 0. The summed E-state index contributed by atoms with van der Waals surface area (Å²) in [4.78, 5) is 0. The van der Waals surface area contributed by atoms with Crippen LogP contribution < -0.4 is 0 Å². The maximum absolute atomic E-state index is 8.89. The summed E-state index contributed by atoms with van der Waals surface area (Å²) in [5, 5.41) is 10.0. The first-order valence-electron chi connectivity index (χ1n) is 2.70. The van der Waals surface area contributed by atoms with Crippen molar-refractivity contribution < 1.29 is 5.21 Å². The lowest BCUT2D eigenvalue weighted by molar-refractivity contribution is -0.0312. The Labute approximate surface area is 62.6 Å². The number of allylic oxidation sites excluding steroid dienone is 2. The predicted octanol–water partition coefficient (Wildman–Crippen LogP) is 1.87. The van der Waals surface area contributed by atoms with Gasteiger partial charge in [-0.1, -0.05) is 15.9 Å². The second-order valence-electron chi connectivity index (χ2n) is 1.99. The average Bonchev–Trinajstić information content (AvgIpc) is 1.80. The molecule has 0 aromatic heterocycles. The van der Waals surface area contributed by atoms with Gasteiger partial charge in [0.2, 0.25) is 0 Å². The van der Waals surface area contributed by atoms with Crippen molar-refractivity contribution >= 4 is 15.9 Å². The Balaban J connectivity index is 2.75. The summed E-state index contributed by atoms with van der Waals surface area (Å²) in [5.41, 5.74) is 1.05. The number of nitrogens with zero attached hydrogens (tertiary/aromatic N) is 1. The maximum Gasteiger partial charge on any atom is 0.0641 e. The van der Waals surface area contributed by atoms with Crippen LogP contribution in [0.1, 0.15) is 6.92 Å². The first kappa shape index (κ1) is 6.83. The van der Waals surface area contributed by atoms with Gasteiger partial charge in [-0.2, -0.15) is 0 Å². The summed E-state index contributed by atoms with van der Waals surface area (Å²) >= 11 is 3.34. The lowest BCUT2D eigenvalue weighted by Gasteiger charge is -2.15. The molecule has 0 spiro atoms. The highest BCUT2D eigenvalue weighted by Crippen LogP contribution is 2.19. The molecule has 1 aliphatic heterocycles. The molecular formula is C6H8BrNO. The van der Waals surface area contributed by atoms with Gasteiger partial charge in [0.15, 0.2) is 0 Å². The largest absolute Gasteiger partial charge is 0.289 e.